The van der Waals surface area contributed by atoms with Crippen LogP contribution in [0.1, 0.15) is 101 Å². The average Bonchev–Trinajstić information content (AvgIpc) is 3.63. The molecule has 1 saturated heterocycles. The van der Waals surface area contributed by atoms with Crippen LogP contribution >= 0.6 is 0 Å². The average molecular weight is 715 g/mol. The monoisotopic (exact) mass is 714 g/mol. The van der Waals surface area contributed by atoms with E-state index in [1.165, 1.54) is 6.08 Å². The highest BCUT2D eigenvalue weighted by Crippen LogP contribution is 2.51. The summed E-state index contributed by atoms with van der Waals surface area (Å²) in [5.74, 6) is 0.691. The molecule has 2 aromatic carbocycles. The molecule has 1 unspecified atom stereocenters. The number of carbonyl (C=O) groups excluding carboxylic acids is 2. The fraction of sp³-hybridized carbons (Fsp3) is 0.556. The molecule has 2 aliphatic rings. The number of hydrogen-bond donors (Lipinski definition) is 2. The molecule has 0 spiro atoms. The molecule has 2 N–H and O–H groups in total. The largest absolute Gasteiger partial charge is 0.493 e. The number of fused-ring (bicyclic) bond motifs is 1. The van der Waals surface area contributed by atoms with Crippen LogP contribution in [-0.2, 0) is 22.4 Å². The summed E-state index contributed by atoms with van der Waals surface area (Å²) >= 11 is 0. The van der Waals surface area contributed by atoms with Gasteiger partial charge < -0.3 is 24.6 Å². The molecule has 50 heavy (non-hydrogen) atoms. The fourth-order valence-electron chi connectivity index (χ4n) is 6.24. The van der Waals surface area contributed by atoms with Crippen LogP contribution in [0.15, 0.2) is 36.4 Å². The van der Waals surface area contributed by atoms with Crippen molar-refractivity contribution in [2.45, 2.75) is 108 Å². The van der Waals surface area contributed by atoms with Crippen LogP contribution < -0.4 is 19.5 Å². The van der Waals surface area contributed by atoms with E-state index < -0.39 is 41.0 Å². The number of amides is 3. The number of alkyl halides is 6. The maximum Gasteiger partial charge on any atom is 0.430 e. The highest BCUT2D eigenvalue weighted by atomic mass is 19.4. The number of nitrogens with one attached hydrogen (secondary N) is 1. The molecule has 0 aliphatic carbocycles. The first-order valence-electron chi connectivity index (χ1n) is 17.0. The van der Waals surface area contributed by atoms with Crippen molar-refractivity contribution in [1.29, 1.82) is 0 Å². The van der Waals surface area contributed by atoms with E-state index in [0.717, 1.165) is 30.6 Å². The summed E-state index contributed by atoms with van der Waals surface area (Å²) in [5.41, 5.74) is -7.08. The predicted molar refractivity (Wildman–Crippen MR) is 174 cm³/mol. The molecule has 2 heterocycles. The maximum atomic E-state index is 13.9. The molecule has 1 fully saturated rings. The minimum absolute atomic E-state index is 0.000934. The van der Waals surface area contributed by atoms with Gasteiger partial charge in [-0.25, -0.2) is 4.79 Å². The number of benzene rings is 2. The summed E-state index contributed by atoms with van der Waals surface area (Å²) in [4.78, 5) is 27.7. The van der Waals surface area contributed by atoms with Gasteiger partial charge >= 0.3 is 18.4 Å². The Morgan fingerprint density at radius 3 is 2.30 bits per heavy atom. The third-order valence-electron chi connectivity index (χ3n) is 9.07. The van der Waals surface area contributed by atoms with Gasteiger partial charge in [0.2, 0.25) is 6.79 Å². The quantitative estimate of drug-likeness (QED) is 0.0968. The van der Waals surface area contributed by atoms with Crippen LogP contribution in [0.3, 0.4) is 0 Å². The number of aliphatic hydroxyl groups is 1. The Balaban J connectivity index is 1.52. The number of ether oxygens (including phenoxy) is 3. The zero-order chi connectivity index (χ0) is 36.7. The summed E-state index contributed by atoms with van der Waals surface area (Å²) < 4.78 is 100. The number of rotatable bonds is 17. The van der Waals surface area contributed by atoms with Crippen molar-refractivity contribution < 1.29 is 55.2 Å². The summed E-state index contributed by atoms with van der Waals surface area (Å²) in [5, 5.41) is 13.0. The number of allylic oxidation sites excluding steroid dienone is 1. The Labute approximate surface area is 287 Å². The van der Waals surface area contributed by atoms with Crippen molar-refractivity contribution in [3.05, 3.63) is 58.7 Å². The minimum atomic E-state index is -6.03. The van der Waals surface area contributed by atoms with Crippen LogP contribution in [0, 0.1) is 0 Å². The molecule has 0 aromatic heterocycles. The van der Waals surface area contributed by atoms with Gasteiger partial charge in [0, 0.05) is 17.7 Å². The van der Waals surface area contributed by atoms with Gasteiger partial charge in [-0.1, -0.05) is 64.7 Å². The third kappa shape index (κ3) is 7.84. The first-order chi connectivity index (χ1) is 23.6. The van der Waals surface area contributed by atoms with Gasteiger partial charge in [-0.3, -0.25) is 9.69 Å². The van der Waals surface area contributed by atoms with E-state index in [9.17, 15) is 41.0 Å². The molecule has 3 amide bonds. The summed E-state index contributed by atoms with van der Waals surface area (Å²) in [7, 11) is 0. The summed E-state index contributed by atoms with van der Waals surface area (Å²) in [6.07, 6.45) is -3.35. The van der Waals surface area contributed by atoms with Crippen LogP contribution in [0.25, 0.3) is 6.08 Å². The molecule has 4 rings (SSSR count). The number of unbranched alkanes of at least 4 members (excludes halogenated alkanes) is 5. The van der Waals surface area contributed by atoms with Crippen molar-refractivity contribution >= 4 is 18.0 Å². The molecular formula is C36H44F6N2O6. The van der Waals surface area contributed by atoms with Crippen LogP contribution in [0.4, 0.5) is 31.1 Å². The van der Waals surface area contributed by atoms with Gasteiger partial charge in [0.05, 0.1) is 6.61 Å². The topological polar surface area (TPSA) is 97.3 Å². The lowest BCUT2D eigenvalue weighted by atomic mass is 9.87. The SMILES string of the molecule is CCCCCC/C=C/c1cc(C(O)(C(F)(F)F)C(F)(F)F)cc(CCC)c1OCCCCN1C(=O)NC(CC)(c2ccc3c(c2)OCO3)C1=O. The molecule has 14 heteroatoms. The molecule has 1 atom stereocenters. The number of aryl methyl sites for hydroxylation is 1. The van der Waals surface area contributed by atoms with Gasteiger partial charge in [0.1, 0.15) is 11.3 Å². The molecule has 2 aromatic rings. The number of nitrogens with zero attached hydrogens (tertiary/aromatic N) is 1. The number of hydrogen-bond acceptors (Lipinski definition) is 6. The zero-order valence-electron chi connectivity index (χ0n) is 28.4. The van der Waals surface area contributed by atoms with Crippen molar-refractivity contribution in [1.82, 2.24) is 10.2 Å². The lowest BCUT2D eigenvalue weighted by Gasteiger charge is -2.33. The summed E-state index contributed by atoms with van der Waals surface area (Å²) in [6.45, 7) is 5.64. The van der Waals surface area contributed by atoms with Gasteiger partial charge in [-0.2, -0.15) is 26.3 Å². The third-order valence-corrected chi connectivity index (χ3v) is 9.07. The van der Waals surface area contributed by atoms with Gasteiger partial charge in [-0.15, -0.1) is 0 Å². The van der Waals surface area contributed by atoms with Crippen molar-refractivity contribution in [3.63, 3.8) is 0 Å². The van der Waals surface area contributed by atoms with E-state index in [-0.39, 0.29) is 49.7 Å². The Kier molecular flexibility index (Phi) is 12.4. The highest BCUT2D eigenvalue weighted by Gasteiger charge is 2.71. The maximum absolute atomic E-state index is 13.9. The van der Waals surface area contributed by atoms with Gasteiger partial charge in [-0.05, 0) is 73.9 Å². The van der Waals surface area contributed by atoms with E-state index in [1.54, 1.807) is 38.1 Å². The van der Waals surface area contributed by atoms with Gasteiger partial charge in [0.15, 0.2) is 11.5 Å². The first kappa shape index (κ1) is 38.9. The van der Waals surface area contributed by atoms with E-state index in [2.05, 4.69) is 5.32 Å². The Bertz CT molecular complexity index is 1530. The molecule has 2 aliphatic heterocycles. The Morgan fingerprint density at radius 2 is 1.64 bits per heavy atom. The van der Waals surface area contributed by atoms with Crippen molar-refractivity contribution in [2.24, 2.45) is 0 Å². The fourth-order valence-corrected chi connectivity index (χ4v) is 6.24. The number of carbonyl (C=O) groups is 2. The van der Waals surface area contributed by atoms with Gasteiger partial charge in [0.25, 0.3) is 11.5 Å². The zero-order valence-corrected chi connectivity index (χ0v) is 28.4. The predicted octanol–water partition coefficient (Wildman–Crippen LogP) is 8.68. The van der Waals surface area contributed by atoms with Crippen LogP contribution in [-0.4, -0.2) is 54.2 Å². The van der Waals surface area contributed by atoms with E-state index in [0.29, 0.717) is 54.9 Å². The second-order valence-electron chi connectivity index (χ2n) is 12.5. The van der Waals surface area contributed by atoms with Crippen molar-refractivity contribution in [3.8, 4) is 17.2 Å². The second kappa shape index (κ2) is 15.9. The smallest absolute Gasteiger partial charge is 0.430 e. The standard InChI is InChI=1S/C36H44F6N2O6/c1-4-7-8-9-10-11-15-25-21-27(34(47,35(37,38)39)36(40,41)42)20-24(14-5-2)30(25)48-19-13-12-18-44-31(45)33(6-3,43-32(44)46)26-16-17-28-29(22-26)50-23-49-28/h11,15-17,20-22,47H,4-10,12-14,18-19,23H2,1-3H3,(H,43,46)/b15-11+. The van der Waals surface area contributed by atoms with Crippen LogP contribution in [0.5, 0.6) is 17.2 Å². The highest BCUT2D eigenvalue weighted by molar-refractivity contribution is 6.07. The molecule has 0 bridgehead atoms. The minimum Gasteiger partial charge on any atom is -0.493 e. The number of imide groups is 1. The number of halogens is 6. The van der Waals surface area contributed by atoms with E-state index in [1.807, 2.05) is 6.92 Å². The lowest BCUT2D eigenvalue weighted by molar-refractivity contribution is -0.376. The molecule has 0 radical (unpaired) electrons. The molecule has 8 nitrogen and oxygen atoms in total. The first-order valence-corrected chi connectivity index (χ1v) is 17.0. The normalized spacial score (nSPS) is 18.0. The molecular weight excluding hydrogens is 670 g/mol. The molecule has 0 saturated carbocycles. The summed E-state index contributed by atoms with van der Waals surface area (Å²) in [6, 6.07) is 5.88. The number of urea groups is 1. The van der Waals surface area contributed by atoms with E-state index >= 15 is 0 Å². The van der Waals surface area contributed by atoms with E-state index in [4.69, 9.17) is 14.2 Å². The van der Waals surface area contributed by atoms with Crippen molar-refractivity contribution in [2.75, 3.05) is 19.9 Å². The Morgan fingerprint density at radius 1 is 0.920 bits per heavy atom. The Hall–Kier alpha value is -3.94. The van der Waals surface area contributed by atoms with Crippen LogP contribution in [0.2, 0.25) is 0 Å². The second-order valence-corrected chi connectivity index (χ2v) is 12.5. The molecule has 276 valence electrons. The lowest BCUT2D eigenvalue weighted by Crippen LogP contribution is -2.54.